The van der Waals surface area contributed by atoms with Gasteiger partial charge in [-0.1, -0.05) is 13.8 Å². The van der Waals surface area contributed by atoms with Crippen LogP contribution in [0.15, 0.2) is 0 Å². The van der Waals surface area contributed by atoms with Crippen LogP contribution in [0.2, 0.25) is 0 Å². The largest absolute Gasteiger partial charge is 0.347 e. The van der Waals surface area contributed by atoms with Crippen LogP contribution in [0.4, 0.5) is 0 Å². The third-order valence-electron chi connectivity index (χ3n) is 5.13. The molecule has 3 aliphatic rings. The third kappa shape index (κ3) is 0.551. The number of methoxy groups -OCH3 is 1. The zero-order valence-corrected chi connectivity index (χ0v) is 8.92. The van der Waals surface area contributed by atoms with E-state index in [1.807, 2.05) is 0 Å². The number of carbonyl (C=O) groups excluding carboxylic acids is 1. The summed E-state index contributed by atoms with van der Waals surface area (Å²) in [6.07, 6.45) is 2.06. The molecule has 0 aromatic carbocycles. The van der Waals surface area contributed by atoms with Gasteiger partial charge in [-0.3, -0.25) is 4.79 Å². The van der Waals surface area contributed by atoms with Crippen LogP contribution in [-0.4, -0.2) is 25.3 Å². The second-order valence-corrected chi connectivity index (χ2v) is 5.33. The molecule has 2 aliphatic carbocycles. The van der Waals surface area contributed by atoms with Gasteiger partial charge in [-0.05, 0) is 12.8 Å². The molecule has 0 aromatic heterocycles. The number of carbonyl (C=O) groups is 1. The quantitative estimate of drug-likeness (QED) is 0.635. The van der Waals surface area contributed by atoms with E-state index in [0.717, 1.165) is 12.8 Å². The SMILES string of the molecule is CO[C@]12OC[C@@]3(C)[C@H]1CC[C@@]3(C)C2=O. The standard InChI is InChI=1S/C11H16O3/c1-9-5-4-7-10(9,2)6-14-11(7,13-3)8(9)12/h7H,4-6H2,1-3H3/t7-,9+,10+,11+/m1/s1. The van der Waals surface area contributed by atoms with Crippen molar-refractivity contribution in [3.8, 4) is 0 Å². The lowest BCUT2D eigenvalue weighted by molar-refractivity contribution is -0.226. The number of rotatable bonds is 1. The Balaban J connectivity index is 2.21. The van der Waals surface area contributed by atoms with E-state index in [2.05, 4.69) is 13.8 Å². The summed E-state index contributed by atoms with van der Waals surface area (Å²) in [5.41, 5.74) is -0.188. The average Bonchev–Trinajstić information content (AvgIpc) is 2.65. The Morgan fingerprint density at radius 2 is 2.21 bits per heavy atom. The van der Waals surface area contributed by atoms with Crippen LogP contribution < -0.4 is 0 Å². The third-order valence-corrected chi connectivity index (χ3v) is 5.13. The van der Waals surface area contributed by atoms with Crippen molar-refractivity contribution >= 4 is 5.78 Å². The summed E-state index contributed by atoms with van der Waals surface area (Å²) >= 11 is 0. The highest BCUT2D eigenvalue weighted by Crippen LogP contribution is 2.72. The Labute approximate surface area is 83.8 Å². The van der Waals surface area contributed by atoms with Gasteiger partial charge in [0.2, 0.25) is 5.79 Å². The van der Waals surface area contributed by atoms with Crippen molar-refractivity contribution in [3.63, 3.8) is 0 Å². The molecule has 0 unspecified atom stereocenters. The highest BCUT2D eigenvalue weighted by atomic mass is 16.7. The highest BCUT2D eigenvalue weighted by molar-refractivity contribution is 5.97. The molecular formula is C11H16O3. The van der Waals surface area contributed by atoms with E-state index in [1.54, 1.807) is 7.11 Å². The molecule has 1 saturated heterocycles. The minimum atomic E-state index is -0.887. The van der Waals surface area contributed by atoms with E-state index in [-0.39, 0.29) is 22.5 Å². The minimum absolute atomic E-state index is 0.0140. The molecule has 0 spiro atoms. The van der Waals surface area contributed by atoms with Crippen molar-refractivity contribution in [3.05, 3.63) is 0 Å². The van der Waals surface area contributed by atoms with Crippen LogP contribution in [-0.2, 0) is 14.3 Å². The van der Waals surface area contributed by atoms with Crippen LogP contribution >= 0.6 is 0 Å². The smallest absolute Gasteiger partial charge is 0.232 e. The molecule has 3 nitrogen and oxygen atoms in total. The molecule has 2 saturated carbocycles. The topological polar surface area (TPSA) is 35.5 Å². The zero-order chi connectivity index (χ0) is 10.2. The van der Waals surface area contributed by atoms with Gasteiger partial charge in [0, 0.05) is 23.9 Å². The summed E-state index contributed by atoms with van der Waals surface area (Å²) in [6.45, 7) is 4.93. The second kappa shape index (κ2) is 2.07. The van der Waals surface area contributed by atoms with Crippen molar-refractivity contribution in [2.24, 2.45) is 16.7 Å². The number of hydrogen-bond acceptors (Lipinski definition) is 3. The van der Waals surface area contributed by atoms with Gasteiger partial charge >= 0.3 is 0 Å². The molecule has 1 aliphatic heterocycles. The fourth-order valence-electron chi connectivity index (χ4n) is 3.92. The summed E-state index contributed by atoms with van der Waals surface area (Å²) < 4.78 is 11.0. The minimum Gasteiger partial charge on any atom is -0.347 e. The van der Waals surface area contributed by atoms with Gasteiger partial charge in [0.05, 0.1) is 6.61 Å². The number of hydrogen-bond donors (Lipinski definition) is 0. The zero-order valence-electron chi connectivity index (χ0n) is 8.92. The maximum atomic E-state index is 12.3. The van der Waals surface area contributed by atoms with E-state index in [9.17, 15) is 4.79 Å². The monoisotopic (exact) mass is 196 g/mol. The molecule has 0 N–H and O–H groups in total. The molecular weight excluding hydrogens is 180 g/mol. The first kappa shape index (κ1) is 8.86. The Morgan fingerprint density at radius 3 is 2.64 bits per heavy atom. The van der Waals surface area contributed by atoms with Gasteiger partial charge in [-0.2, -0.15) is 0 Å². The van der Waals surface area contributed by atoms with Crippen LogP contribution in [0, 0.1) is 16.7 Å². The molecule has 3 heteroatoms. The van der Waals surface area contributed by atoms with Gasteiger partial charge in [0.15, 0.2) is 5.78 Å². The van der Waals surface area contributed by atoms with Crippen molar-refractivity contribution in [1.29, 1.82) is 0 Å². The Morgan fingerprint density at radius 1 is 1.50 bits per heavy atom. The van der Waals surface area contributed by atoms with Gasteiger partial charge in [0.1, 0.15) is 0 Å². The average molecular weight is 196 g/mol. The van der Waals surface area contributed by atoms with Gasteiger partial charge in [-0.15, -0.1) is 0 Å². The summed E-state index contributed by atoms with van der Waals surface area (Å²) in [6, 6.07) is 0. The summed E-state index contributed by atoms with van der Waals surface area (Å²) in [5, 5.41) is 0. The van der Waals surface area contributed by atoms with Gasteiger partial charge in [-0.25, -0.2) is 0 Å². The molecule has 0 radical (unpaired) electrons. The molecule has 78 valence electrons. The fourth-order valence-corrected chi connectivity index (χ4v) is 3.92. The molecule has 4 atom stereocenters. The van der Waals surface area contributed by atoms with Crippen molar-refractivity contribution in [1.82, 2.24) is 0 Å². The molecule has 3 rings (SSSR count). The van der Waals surface area contributed by atoms with E-state index >= 15 is 0 Å². The number of ether oxygens (including phenoxy) is 2. The number of ketones is 1. The van der Waals surface area contributed by atoms with Crippen LogP contribution in [0.1, 0.15) is 26.7 Å². The van der Waals surface area contributed by atoms with Crippen LogP contribution in [0.25, 0.3) is 0 Å². The van der Waals surface area contributed by atoms with Gasteiger partial charge in [0.25, 0.3) is 0 Å². The van der Waals surface area contributed by atoms with Crippen LogP contribution in [0.5, 0.6) is 0 Å². The van der Waals surface area contributed by atoms with Crippen molar-refractivity contribution in [2.75, 3.05) is 13.7 Å². The first-order valence-electron chi connectivity index (χ1n) is 5.25. The fraction of sp³-hybridized carbons (Fsp3) is 0.909. The van der Waals surface area contributed by atoms with E-state index in [4.69, 9.17) is 9.47 Å². The molecule has 0 aromatic rings. The second-order valence-electron chi connectivity index (χ2n) is 5.33. The Bertz CT molecular complexity index is 326. The maximum absolute atomic E-state index is 12.3. The lowest BCUT2D eigenvalue weighted by atomic mass is 9.69. The molecule has 3 fully saturated rings. The summed E-state index contributed by atoms with van der Waals surface area (Å²) in [7, 11) is 1.59. The lowest BCUT2D eigenvalue weighted by Crippen LogP contribution is -2.52. The first-order chi connectivity index (χ1) is 6.51. The van der Waals surface area contributed by atoms with Gasteiger partial charge < -0.3 is 9.47 Å². The molecule has 0 amide bonds. The van der Waals surface area contributed by atoms with E-state index in [1.165, 1.54) is 0 Å². The van der Waals surface area contributed by atoms with E-state index < -0.39 is 5.79 Å². The molecule has 1 heterocycles. The predicted octanol–water partition coefficient (Wildman–Crippen LogP) is 1.36. The summed E-state index contributed by atoms with van der Waals surface area (Å²) in [4.78, 5) is 12.3. The van der Waals surface area contributed by atoms with E-state index in [0.29, 0.717) is 6.61 Å². The first-order valence-corrected chi connectivity index (χ1v) is 5.25. The lowest BCUT2D eigenvalue weighted by Gasteiger charge is -2.39. The molecule has 14 heavy (non-hydrogen) atoms. The van der Waals surface area contributed by atoms with Crippen LogP contribution in [0.3, 0.4) is 0 Å². The summed E-state index contributed by atoms with van der Waals surface area (Å²) in [5.74, 6) is -0.433. The highest BCUT2D eigenvalue weighted by Gasteiger charge is 2.80. The Hall–Kier alpha value is -0.410. The Kier molecular flexibility index (Phi) is 1.31. The maximum Gasteiger partial charge on any atom is 0.232 e. The van der Waals surface area contributed by atoms with Crippen molar-refractivity contribution < 1.29 is 14.3 Å². The molecule has 4 bridgehead atoms. The number of Topliss-reactive ketones (excluding diaryl/α,β-unsaturated/α-hetero) is 1. The van der Waals surface area contributed by atoms with Crippen molar-refractivity contribution in [2.45, 2.75) is 32.5 Å². The predicted molar refractivity (Wildman–Crippen MR) is 49.6 cm³/mol. The normalized spacial score (nSPS) is 59.9.